The summed E-state index contributed by atoms with van der Waals surface area (Å²) in [6.07, 6.45) is 9.29. The van der Waals surface area contributed by atoms with Gasteiger partial charge in [-0.05, 0) is 42.0 Å². The summed E-state index contributed by atoms with van der Waals surface area (Å²) in [7, 11) is 0. The number of hydrogen-bond acceptors (Lipinski definition) is 3. The molecule has 23 heavy (non-hydrogen) atoms. The van der Waals surface area contributed by atoms with Crippen LogP contribution in [0.5, 0.6) is 0 Å². The van der Waals surface area contributed by atoms with E-state index in [1.54, 1.807) is 0 Å². The highest BCUT2D eigenvalue weighted by atomic mass is 16.1. The number of carbonyl (C=O) groups is 1. The first-order valence-corrected chi connectivity index (χ1v) is 8.34. The molecule has 1 aromatic carbocycles. The number of fused-ring (bicyclic) bond motifs is 2. The van der Waals surface area contributed by atoms with Gasteiger partial charge >= 0.3 is 0 Å². The van der Waals surface area contributed by atoms with Crippen molar-refractivity contribution < 1.29 is 4.79 Å². The molecule has 0 spiro atoms. The van der Waals surface area contributed by atoms with Crippen molar-refractivity contribution in [3.8, 4) is 0 Å². The Hall–Kier alpha value is -2.29. The molecule has 0 heterocycles. The molecule has 0 amide bonds. The smallest absolute Gasteiger partial charge is 0.170 e. The predicted molar refractivity (Wildman–Crippen MR) is 95.5 cm³/mol. The van der Waals surface area contributed by atoms with E-state index < -0.39 is 0 Å². The number of allylic oxidation sites excluding steroid dienone is 4. The van der Waals surface area contributed by atoms with Gasteiger partial charge in [0.15, 0.2) is 5.78 Å². The highest BCUT2D eigenvalue weighted by Gasteiger charge is 2.38. The Morgan fingerprint density at radius 2 is 2.04 bits per heavy atom. The number of carbonyl (C=O) groups excluding carboxylic acids is 1. The first kappa shape index (κ1) is 15.6. The minimum atomic E-state index is -0.0116. The lowest BCUT2D eigenvalue weighted by Crippen LogP contribution is -2.32. The zero-order valence-electron chi connectivity index (χ0n) is 13.8. The van der Waals surface area contributed by atoms with Crippen molar-refractivity contribution in [3.05, 3.63) is 66.0 Å². The van der Waals surface area contributed by atoms with Crippen LogP contribution < -0.4 is 10.6 Å². The van der Waals surface area contributed by atoms with E-state index in [9.17, 15) is 4.79 Å². The molecule has 0 saturated heterocycles. The number of rotatable bonds is 5. The van der Waals surface area contributed by atoms with Gasteiger partial charge in [-0.1, -0.05) is 44.7 Å². The van der Waals surface area contributed by atoms with Gasteiger partial charge in [-0.15, -0.1) is 0 Å². The number of Topliss-reactive ketones (excluding diaryl/α,β-unsaturated/α-hetero) is 1. The second kappa shape index (κ2) is 6.45. The van der Waals surface area contributed by atoms with E-state index in [0.717, 1.165) is 35.6 Å². The molecular formula is C20H24N2O. The lowest BCUT2D eigenvalue weighted by Gasteiger charge is -2.35. The molecule has 0 saturated carbocycles. The molecule has 3 rings (SSSR count). The Bertz CT molecular complexity index is 687. The van der Waals surface area contributed by atoms with Crippen molar-refractivity contribution in [2.24, 2.45) is 11.8 Å². The van der Waals surface area contributed by atoms with Crippen molar-refractivity contribution in [2.75, 3.05) is 11.9 Å². The van der Waals surface area contributed by atoms with E-state index in [1.165, 1.54) is 0 Å². The highest BCUT2D eigenvalue weighted by Crippen LogP contribution is 2.43. The normalized spacial score (nSPS) is 24.8. The molecule has 2 aliphatic rings. The van der Waals surface area contributed by atoms with E-state index in [-0.39, 0.29) is 17.6 Å². The van der Waals surface area contributed by atoms with Gasteiger partial charge in [0.05, 0.1) is 5.82 Å². The Labute approximate surface area is 138 Å². The molecule has 0 radical (unpaired) electrons. The number of benzene rings is 1. The van der Waals surface area contributed by atoms with Gasteiger partial charge in [0, 0.05) is 23.7 Å². The molecule has 1 aromatic rings. The summed E-state index contributed by atoms with van der Waals surface area (Å²) >= 11 is 0. The fourth-order valence-electron chi connectivity index (χ4n) is 3.49. The molecule has 2 aliphatic carbocycles. The first-order chi connectivity index (χ1) is 11.1. The minimum absolute atomic E-state index is 0.0116. The van der Waals surface area contributed by atoms with Crippen LogP contribution >= 0.6 is 0 Å². The second-order valence-electron chi connectivity index (χ2n) is 6.36. The summed E-state index contributed by atoms with van der Waals surface area (Å²) in [5, 5.41) is 6.52. The Morgan fingerprint density at radius 1 is 1.26 bits per heavy atom. The van der Waals surface area contributed by atoms with Crippen LogP contribution in [0.15, 0.2) is 54.9 Å². The average Bonchev–Trinajstić information content (AvgIpc) is 2.58. The van der Waals surface area contributed by atoms with Gasteiger partial charge in [-0.25, -0.2) is 0 Å². The molecule has 2 N–H and O–H groups in total. The average molecular weight is 308 g/mol. The van der Waals surface area contributed by atoms with E-state index in [0.29, 0.717) is 5.92 Å². The van der Waals surface area contributed by atoms with Crippen LogP contribution in [0.3, 0.4) is 0 Å². The predicted octanol–water partition coefficient (Wildman–Crippen LogP) is 4.23. The van der Waals surface area contributed by atoms with Crippen LogP contribution in [-0.4, -0.2) is 12.3 Å². The van der Waals surface area contributed by atoms with Crippen LogP contribution in [0, 0.1) is 11.8 Å². The van der Waals surface area contributed by atoms with Gasteiger partial charge in [-0.2, -0.15) is 0 Å². The van der Waals surface area contributed by atoms with Crippen LogP contribution in [-0.2, 0) is 0 Å². The first-order valence-electron chi connectivity index (χ1n) is 8.34. The van der Waals surface area contributed by atoms with E-state index in [4.69, 9.17) is 0 Å². The molecule has 0 bridgehead atoms. The fourth-order valence-corrected chi connectivity index (χ4v) is 3.49. The number of hydrogen-bond donors (Lipinski definition) is 2. The molecule has 0 aromatic heterocycles. The Morgan fingerprint density at radius 3 is 2.83 bits per heavy atom. The molecule has 120 valence electrons. The highest BCUT2D eigenvalue weighted by molar-refractivity contribution is 6.02. The second-order valence-corrected chi connectivity index (χ2v) is 6.36. The van der Waals surface area contributed by atoms with Crippen LogP contribution in [0.4, 0.5) is 5.69 Å². The molecule has 3 nitrogen and oxygen atoms in total. The Balaban J connectivity index is 1.86. The van der Waals surface area contributed by atoms with Crippen LogP contribution in [0.25, 0.3) is 0 Å². The topological polar surface area (TPSA) is 41.1 Å². The maximum Gasteiger partial charge on any atom is 0.170 e. The summed E-state index contributed by atoms with van der Waals surface area (Å²) in [6, 6.07) is 6.01. The lowest BCUT2D eigenvalue weighted by molar-refractivity contribution is 0.0896. The zero-order chi connectivity index (χ0) is 16.4. The molecule has 3 unspecified atom stereocenters. The van der Waals surface area contributed by atoms with Gasteiger partial charge < -0.3 is 10.6 Å². The number of anilines is 1. The van der Waals surface area contributed by atoms with Crippen molar-refractivity contribution in [1.82, 2.24) is 5.32 Å². The zero-order valence-corrected chi connectivity index (χ0v) is 13.8. The monoisotopic (exact) mass is 308 g/mol. The summed E-state index contributed by atoms with van der Waals surface area (Å²) < 4.78 is 0. The fraction of sp³-hybridized carbons (Fsp3) is 0.350. The largest absolute Gasteiger partial charge is 0.372 e. The third kappa shape index (κ3) is 2.96. The summed E-state index contributed by atoms with van der Waals surface area (Å²) in [6.45, 7) is 9.21. The minimum Gasteiger partial charge on any atom is -0.372 e. The quantitative estimate of drug-likeness (QED) is 0.855. The molecule has 3 heteroatoms. The Kier molecular flexibility index (Phi) is 4.37. The standard InChI is InChI=1S/C20H24N2O/c1-4-11-21-14(3)22-15-9-10-18-19(12-15)13(2)16-7-5-6-8-17(16)20(18)23/h5-10,12-13,16-17,21-22H,3-4,11H2,1-2H3. The van der Waals surface area contributed by atoms with Gasteiger partial charge in [0.1, 0.15) is 0 Å². The van der Waals surface area contributed by atoms with Crippen molar-refractivity contribution >= 4 is 11.5 Å². The van der Waals surface area contributed by atoms with Gasteiger partial charge in [0.25, 0.3) is 0 Å². The van der Waals surface area contributed by atoms with Gasteiger partial charge in [0.2, 0.25) is 0 Å². The van der Waals surface area contributed by atoms with Crippen molar-refractivity contribution in [2.45, 2.75) is 26.2 Å². The summed E-state index contributed by atoms with van der Waals surface area (Å²) in [5.74, 6) is 1.60. The third-order valence-electron chi connectivity index (χ3n) is 4.75. The van der Waals surface area contributed by atoms with Crippen molar-refractivity contribution in [1.29, 1.82) is 0 Å². The number of ketones is 1. The maximum absolute atomic E-state index is 12.7. The van der Waals surface area contributed by atoms with Crippen LogP contribution in [0.1, 0.15) is 42.1 Å². The van der Waals surface area contributed by atoms with E-state index in [2.05, 4.69) is 49.3 Å². The van der Waals surface area contributed by atoms with Crippen molar-refractivity contribution in [3.63, 3.8) is 0 Å². The van der Waals surface area contributed by atoms with Gasteiger partial charge in [-0.3, -0.25) is 4.79 Å². The molecular weight excluding hydrogens is 284 g/mol. The maximum atomic E-state index is 12.7. The molecule has 0 fully saturated rings. The third-order valence-corrected chi connectivity index (χ3v) is 4.75. The van der Waals surface area contributed by atoms with E-state index in [1.807, 2.05) is 24.3 Å². The summed E-state index contributed by atoms with van der Waals surface area (Å²) in [4.78, 5) is 12.7. The SMILES string of the molecule is C=C(NCCC)Nc1ccc2c(c1)C(C)C1C=CC=CC1C2=O. The lowest BCUT2D eigenvalue weighted by atomic mass is 9.67. The number of nitrogens with one attached hydrogen (secondary N) is 2. The van der Waals surface area contributed by atoms with Crippen LogP contribution in [0.2, 0.25) is 0 Å². The molecule has 3 atom stereocenters. The molecule has 0 aliphatic heterocycles. The summed E-state index contributed by atoms with van der Waals surface area (Å²) in [5.41, 5.74) is 2.96. The van der Waals surface area contributed by atoms with E-state index >= 15 is 0 Å².